The number of rotatable bonds is 7. The molecule has 6 rings (SSSR count). The van der Waals surface area contributed by atoms with Crippen molar-refractivity contribution < 1.29 is 14.3 Å². The van der Waals surface area contributed by atoms with Crippen LogP contribution >= 0.6 is 0 Å². The van der Waals surface area contributed by atoms with Crippen LogP contribution in [-0.2, 0) is 9.53 Å². The Morgan fingerprint density at radius 2 is 1.30 bits per heavy atom. The highest BCUT2D eigenvalue weighted by Gasteiger charge is 2.20. The third-order valence-electron chi connectivity index (χ3n) is 6.38. The molecule has 0 saturated heterocycles. The number of hydrogen-bond donors (Lipinski definition) is 3. The molecule has 0 bridgehead atoms. The van der Waals surface area contributed by atoms with Gasteiger partial charge in [-0.1, -0.05) is 103 Å². The van der Waals surface area contributed by atoms with E-state index in [1.807, 2.05) is 121 Å². The van der Waals surface area contributed by atoms with Gasteiger partial charge >= 0.3 is 5.97 Å². The summed E-state index contributed by atoms with van der Waals surface area (Å²) in [5.41, 5.74) is 6.41. The van der Waals surface area contributed by atoms with Gasteiger partial charge < -0.3 is 20.0 Å². The Labute approximate surface area is 249 Å². The van der Waals surface area contributed by atoms with E-state index in [-0.39, 0.29) is 5.91 Å². The zero-order chi connectivity index (χ0) is 30.0. The van der Waals surface area contributed by atoms with Gasteiger partial charge in [0.1, 0.15) is 17.3 Å². The average Bonchev–Trinajstić information content (AvgIpc) is 3.72. The third kappa shape index (κ3) is 7.31. The summed E-state index contributed by atoms with van der Waals surface area (Å²) in [4.78, 5) is 38.8. The first-order valence-corrected chi connectivity index (χ1v) is 13.9. The van der Waals surface area contributed by atoms with E-state index in [0.717, 1.165) is 39.5 Å². The highest BCUT2D eigenvalue weighted by molar-refractivity contribution is 5.95. The molecule has 43 heavy (non-hydrogen) atoms. The Bertz CT molecular complexity index is 1800. The van der Waals surface area contributed by atoms with Gasteiger partial charge in [0.15, 0.2) is 5.69 Å². The minimum atomic E-state index is -0.393. The monoisotopic (exact) mass is 569 g/mol. The molecule has 4 aromatic carbocycles. The smallest absolute Gasteiger partial charge is 0.357 e. The van der Waals surface area contributed by atoms with Crippen LogP contribution in [0.5, 0.6) is 0 Å². The SMILES string of the molecule is CC(=O)Nc1cccc(-c2c[nH]c(-c3ccccc3)n2)c1.CCOC(=O)c1[nH]c(-c2ccccc2)nc1-c1ccccc1. The van der Waals surface area contributed by atoms with Crippen LogP contribution in [0.15, 0.2) is 121 Å². The average molecular weight is 570 g/mol. The van der Waals surface area contributed by atoms with E-state index in [9.17, 15) is 9.59 Å². The fraction of sp³-hybridized carbons (Fsp3) is 0.0857. The predicted molar refractivity (Wildman–Crippen MR) is 169 cm³/mol. The van der Waals surface area contributed by atoms with Crippen LogP contribution in [0.3, 0.4) is 0 Å². The van der Waals surface area contributed by atoms with Crippen molar-refractivity contribution in [2.75, 3.05) is 11.9 Å². The molecule has 0 aliphatic heterocycles. The summed E-state index contributed by atoms with van der Waals surface area (Å²) in [5, 5.41) is 2.78. The van der Waals surface area contributed by atoms with Crippen LogP contribution in [0.25, 0.3) is 45.3 Å². The Morgan fingerprint density at radius 1 is 0.721 bits per heavy atom. The van der Waals surface area contributed by atoms with Gasteiger partial charge in [-0.3, -0.25) is 4.79 Å². The normalized spacial score (nSPS) is 10.4. The molecule has 1 amide bonds. The number of aromatic amines is 2. The van der Waals surface area contributed by atoms with E-state index in [4.69, 9.17) is 4.74 Å². The van der Waals surface area contributed by atoms with Crippen LogP contribution in [0, 0.1) is 0 Å². The van der Waals surface area contributed by atoms with E-state index in [2.05, 4.69) is 25.3 Å². The molecule has 0 saturated carbocycles. The number of anilines is 1. The lowest BCUT2D eigenvalue weighted by molar-refractivity contribution is -0.114. The van der Waals surface area contributed by atoms with Gasteiger partial charge in [0.25, 0.3) is 0 Å². The van der Waals surface area contributed by atoms with Gasteiger partial charge in [-0.2, -0.15) is 0 Å². The van der Waals surface area contributed by atoms with Crippen LogP contribution in [0.2, 0.25) is 0 Å². The van der Waals surface area contributed by atoms with Crippen LogP contribution in [0.4, 0.5) is 5.69 Å². The number of carbonyl (C=O) groups excluding carboxylic acids is 2. The van der Waals surface area contributed by atoms with E-state index in [0.29, 0.717) is 23.8 Å². The molecule has 0 unspecified atom stereocenters. The van der Waals surface area contributed by atoms with Crippen molar-refractivity contribution in [3.05, 3.63) is 127 Å². The molecular weight excluding hydrogens is 538 g/mol. The lowest BCUT2D eigenvalue weighted by Gasteiger charge is -2.03. The van der Waals surface area contributed by atoms with Gasteiger partial charge in [-0.05, 0) is 19.1 Å². The standard InChI is InChI=1S/C18H16N2O2.C17H15N3O/c1-2-22-18(21)16-15(13-9-5-3-6-10-13)19-17(20-16)14-11-7-4-8-12-14;1-12(21)19-15-9-5-8-14(10-15)16-11-18-17(20-16)13-6-3-2-4-7-13/h3-12H,2H2,1H3,(H,19,20);2-11H,1H3,(H,18,20)(H,19,21). The summed E-state index contributed by atoms with van der Waals surface area (Å²) in [6.07, 6.45) is 1.87. The Morgan fingerprint density at radius 3 is 1.91 bits per heavy atom. The van der Waals surface area contributed by atoms with Crippen molar-refractivity contribution in [3.8, 4) is 45.3 Å². The molecule has 0 aliphatic rings. The maximum Gasteiger partial charge on any atom is 0.357 e. The Kier molecular flexibility index (Phi) is 9.19. The van der Waals surface area contributed by atoms with Crippen molar-refractivity contribution >= 4 is 17.6 Å². The first-order chi connectivity index (χ1) is 21.0. The van der Waals surface area contributed by atoms with E-state index < -0.39 is 5.97 Å². The molecule has 3 N–H and O–H groups in total. The van der Waals surface area contributed by atoms with E-state index in [1.54, 1.807) is 6.92 Å². The summed E-state index contributed by atoms with van der Waals surface area (Å²) >= 11 is 0. The molecule has 0 radical (unpaired) electrons. The number of carbonyl (C=O) groups is 2. The largest absolute Gasteiger partial charge is 0.461 e. The van der Waals surface area contributed by atoms with Crippen molar-refractivity contribution in [3.63, 3.8) is 0 Å². The number of benzene rings is 4. The number of hydrogen-bond acceptors (Lipinski definition) is 5. The van der Waals surface area contributed by atoms with Crippen molar-refractivity contribution in [2.45, 2.75) is 13.8 Å². The van der Waals surface area contributed by atoms with Crippen molar-refractivity contribution in [2.24, 2.45) is 0 Å². The summed E-state index contributed by atoms with van der Waals surface area (Å²) < 4.78 is 5.13. The minimum absolute atomic E-state index is 0.0841. The number of aromatic nitrogens is 4. The number of nitrogens with one attached hydrogen (secondary N) is 3. The van der Waals surface area contributed by atoms with E-state index in [1.165, 1.54) is 6.92 Å². The van der Waals surface area contributed by atoms with Crippen LogP contribution in [0.1, 0.15) is 24.3 Å². The second-order valence-corrected chi connectivity index (χ2v) is 9.52. The first kappa shape index (κ1) is 28.8. The maximum absolute atomic E-state index is 12.2. The topological polar surface area (TPSA) is 113 Å². The van der Waals surface area contributed by atoms with Gasteiger partial charge in [-0.15, -0.1) is 0 Å². The lowest BCUT2D eigenvalue weighted by atomic mass is 10.1. The van der Waals surface area contributed by atoms with Gasteiger partial charge in [0, 0.05) is 41.1 Å². The number of imidazole rings is 2. The summed E-state index contributed by atoms with van der Waals surface area (Å²) in [7, 11) is 0. The Balaban J connectivity index is 0.000000171. The highest BCUT2D eigenvalue weighted by Crippen LogP contribution is 2.27. The second-order valence-electron chi connectivity index (χ2n) is 9.52. The predicted octanol–water partition coefficient (Wildman–Crippen LogP) is 7.62. The summed E-state index contributed by atoms with van der Waals surface area (Å²) in [5.74, 6) is 1.01. The molecule has 0 fully saturated rings. The van der Waals surface area contributed by atoms with Crippen LogP contribution < -0.4 is 5.32 Å². The molecule has 0 atom stereocenters. The third-order valence-corrected chi connectivity index (χ3v) is 6.38. The Hall–Kier alpha value is -5.76. The molecule has 8 nitrogen and oxygen atoms in total. The minimum Gasteiger partial charge on any atom is -0.461 e. The van der Waals surface area contributed by atoms with Gasteiger partial charge in [0.2, 0.25) is 5.91 Å². The quantitative estimate of drug-likeness (QED) is 0.171. The van der Waals surface area contributed by atoms with Crippen molar-refractivity contribution in [1.82, 2.24) is 19.9 Å². The number of esters is 1. The molecule has 8 heteroatoms. The second kappa shape index (κ2) is 13.7. The van der Waals surface area contributed by atoms with Gasteiger partial charge in [0.05, 0.1) is 12.3 Å². The fourth-order valence-electron chi connectivity index (χ4n) is 4.43. The highest BCUT2D eigenvalue weighted by atomic mass is 16.5. The fourth-order valence-corrected chi connectivity index (χ4v) is 4.43. The first-order valence-electron chi connectivity index (χ1n) is 13.9. The number of ether oxygens (including phenoxy) is 1. The summed E-state index contributed by atoms with van der Waals surface area (Å²) in [6.45, 7) is 3.61. The molecule has 6 aromatic rings. The number of amides is 1. The molecule has 214 valence electrons. The van der Waals surface area contributed by atoms with Crippen molar-refractivity contribution in [1.29, 1.82) is 0 Å². The zero-order valence-electron chi connectivity index (χ0n) is 23.9. The number of nitrogens with zero attached hydrogens (tertiary/aromatic N) is 2. The van der Waals surface area contributed by atoms with E-state index >= 15 is 0 Å². The maximum atomic E-state index is 12.2. The molecule has 2 aromatic heterocycles. The molecule has 0 aliphatic carbocycles. The molecule has 2 heterocycles. The molecular formula is C35H31N5O3. The van der Waals surface area contributed by atoms with Crippen LogP contribution in [-0.4, -0.2) is 38.4 Å². The number of H-pyrrole nitrogens is 2. The van der Waals surface area contributed by atoms with Gasteiger partial charge in [-0.25, -0.2) is 14.8 Å². The summed E-state index contributed by atoms with van der Waals surface area (Å²) in [6, 6.07) is 36.9. The lowest BCUT2D eigenvalue weighted by Crippen LogP contribution is -2.06. The molecule has 0 spiro atoms. The zero-order valence-corrected chi connectivity index (χ0v) is 23.9.